The summed E-state index contributed by atoms with van der Waals surface area (Å²) in [5.41, 5.74) is 3.32. The molecule has 144 valence electrons. The van der Waals surface area contributed by atoms with Crippen LogP contribution in [0.15, 0.2) is 42.0 Å². The SMILES string of the molecule is Cc1cc(C(=O)Cn2cnc3cc(F)c(F)cc32)c(C)n1CCc1cccs1. The number of carbonyl (C=O) groups is 1. The van der Waals surface area contributed by atoms with E-state index < -0.39 is 11.6 Å². The molecule has 0 aliphatic heterocycles. The highest BCUT2D eigenvalue weighted by atomic mass is 32.1. The van der Waals surface area contributed by atoms with Gasteiger partial charge in [0.15, 0.2) is 17.4 Å². The number of benzene rings is 1. The summed E-state index contributed by atoms with van der Waals surface area (Å²) in [6, 6.07) is 8.16. The van der Waals surface area contributed by atoms with Crippen molar-refractivity contribution < 1.29 is 13.6 Å². The molecule has 0 amide bonds. The van der Waals surface area contributed by atoms with Crippen molar-refractivity contribution in [3.05, 3.63) is 75.5 Å². The van der Waals surface area contributed by atoms with Gasteiger partial charge in [-0.2, -0.15) is 0 Å². The van der Waals surface area contributed by atoms with E-state index in [1.807, 2.05) is 26.0 Å². The Bertz CT molecular complexity index is 1160. The van der Waals surface area contributed by atoms with Gasteiger partial charge in [0, 0.05) is 40.5 Å². The smallest absolute Gasteiger partial charge is 0.184 e. The number of hydrogen-bond donors (Lipinski definition) is 0. The standard InChI is InChI=1S/C21H19F2N3OS/c1-13-8-16(14(2)26(13)6-5-15-4-3-7-28-15)21(27)11-25-12-24-19-9-17(22)18(23)10-20(19)25/h3-4,7-10,12H,5-6,11H2,1-2H3. The third-order valence-corrected chi connectivity index (χ3v) is 5.95. The highest BCUT2D eigenvalue weighted by Gasteiger charge is 2.18. The lowest BCUT2D eigenvalue weighted by atomic mass is 10.1. The first-order chi connectivity index (χ1) is 13.4. The summed E-state index contributed by atoms with van der Waals surface area (Å²) in [6.45, 7) is 4.76. The zero-order valence-electron chi connectivity index (χ0n) is 15.6. The van der Waals surface area contributed by atoms with Crippen LogP contribution in [0.25, 0.3) is 11.0 Å². The van der Waals surface area contributed by atoms with Gasteiger partial charge in [0.05, 0.1) is 23.9 Å². The van der Waals surface area contributed by atoms with Crippen molar-refractivity contribution in [3.8, 4) is 0 Å². The third kappa shape index (κ3) is 3.38. The number of nitrogens with zero attached hydrogens (tertiary/aromatic N) is 3. The number of ketones is 1. The topological polar surface area (TPSA) is 39.8 Å². The van der Waals surface area contributed by atoms with Crippen LogP contribution in [-0.2, 0) is 19.5 Å². The fourth-order valence-corrected chi connectivity index (χ4v) is 4.22. The first-order valence-electron chi connectivity index (χ1n) is 8.96. The number of aromatic nitrogens is 3. The molecular weight excluding hydrogens is 380 g/mol. The van der Waals surface area contributed by atoms with E-state index in [0.717, 1.165) is 36.5 Å². The van der Waals surface area contributed by atoms with Crippen molar-refractivity contribution in [2.75, 3.05) is 0 Å². The molecule has 0 saturated heterocycles. The first kappa shape index (κ1) is 18.6. The van der Waals surface area contributed by atoms with Gasteiger partial charge in [-0.25, -0.2) is 13.8 Å². The Balaban J connectivity index is 1.57. The predicted molar refractivity (Wildman–Crippen MR) is 106 cm³/mol. The average Bonchev–Trinajstić information content (AvgIpc) is 3.36. The number of halogens is 2. The molecule has 4 aromatic rings. The lowest BCUT2D eigenvalue weighted by molar-refractivity contribution is 0.0972. The van der Waals surface area contributed by atoms with Gasteiger partial charge >= 0.3 is 0 Å². The number of hydrogen-bond acceptors (Lipinski definition) is 3. The van der Waals surface area contributed by atoms with Crippen molar-refractivity contribution in [1.82, 2.24) is 14.1 Å². The number of fused-ring (bicyclic) bond motifs is 1. The summed E-state index contributed by atoms with van der Waals surface area (Å²) in [5, 5.41) is 2.06. The summed E-state index contributed by atoms with van der Waals surface area (Å²) in [7, 11) is 0. The second kappa shape index (κ2) is 7.31. The van der Waals surface area contributed by atoms with Crippen molar-refractivity contribution in [3.63, 3.8) is 0 Å². The molecule has 1 aromatic carbocycles. The van der Waals surface area contributed by atoms with Gasteiger partial charge < -0.3 is 9.13 Å². The van der Waals surface area contributed by atoms with Crippen LogP contribution in [0.5, 0.6) is 0 Å². The minimum absolute atomic E-state index is 0.0246. The second-order valence-corrected chi connectivity index (χ2v) is 7.85. The van der Waals surface area contributed by atoms with E-state index in [9.17, 15) is 13.6 Å². The molecule has 4 rings (SSSR count). The maximum atomic E-state index is 13.6. The summed E-state index contributed by atoms with van der Waals surface area (Å²) in [6.07, 6.45) is 2.36. The van der Waals surface area contributed by atoms with E-state index in [1.165, 1.54) is 11.2 Å². The quantitative estimate of drug-likeness (QED) is 0.432. The van der Waals surface area contributed by atoms with Crippen LogP contribution in [0.1, 0.15) is 26.6 Å². The van der Waals surface area contributed by atoms with Gasteiger partial charge in [-0.15, -0.1) is 11.3 Å². The maximum Gasteiger partial charge on any atom is 0.184 e. The first-order valence-corrected chi connectivity index (χ1v) is 9.84. The second-order valence-electron chi connectivity index (χ2n) is 6.82. The molecule has 4 nitrogen and oxygen atoms in total. The molecule has 3 aromatic heterocycles. The number of aryl methyl sites for hydroxylation is 2. The number of thiophene rings is 1. The monoisotopic (exact) mass is 399 g/mol. The summed E-state index contributed by atoms with van der Waals surface area (Å²) < 4.78 is 30.7. The zero-order valence-corrected chi connectivity index (χ0v) is 16.4. The van der Waals surface area contributed by atoms with Crippen LogP contribution in [0.2, 0.25) is 0 Å². The third-order valence-electron chi connectivity index (χ3n) is 5.01. The molecule has 0 aliphatic rings. The average molecular weight is 399 g/mol. The molecule has 7 heteroatoms. The summed E-state index contributed by atoms with van der Waals surface area (Å²) in [4.78, 5) is 18.3. The van der Waals surface area contributed by atoms with Gasteiger partial charge in [-0.1, -0.05) is 6.07 Å². The van der Waals surface area contributed by atoms with E-state index >= 15 is 0 Å². The van der Waals surface area contributed by atoms with Gasteiger partial charge in [-0.3, -0.25) is 4.79 Å². The maximum absolute atomic E-state index is 13.6. The van der Waals surface area contributed by atoms with Crippen LogP contribution in [0.3, 0.4) is 0 Å². The summed E-state index contributed by atoms with van der Waals surface area (Å²) >= 11 is 1.73. The number of Topliss-reactive ketones (excluding diaryl/α,β-unsaturated/α-hetero) is 1. The van der Waals surface area contributed by atoms with Gasteiger partial charge in [-0.05, 0) is 37.8 Å². The van der Waals surface area contributed by atoms with Gasteiger partial charge in [0.25, 0.3) is 0 Å². The molecule has 0 aliphatic carbocycles. The minimum atomic E-state index is -0.951. The highest BCUT2D eigenvalue weighted by Crippen LogP contribution is 2.21. The Morgan fingerprint density at radius 3 is 2.71 bits per heavy atom. The van der Waals surface area contributed by atoms with Crippen molar-refractivity contribution in [2.45, 2.75) is 33.4 Å². The molecule has 0 unspecified atom stereocenters. The fourth-order valence-electron chi connectivity index (χ4n) is 3.52. The predicted octanol–water partition coefficient (Wildman–Crippen LogP) is 4.92. The zero-order chi connectivity index (χ0) is 19.8. The Morgan fingerprint density at radius 2 is 1.96 bits per heavy atom. The Morgan fingerprint density at radius 1 is 1.18 bits per heavy atom. The largest absolute Gasteiger partial charge is 0.348 e. The van der Waals surface area contributed by atoms with Crippen LogP contribution < -0.4 is 0 Å². The fraction of sp³-hybridized carbons (Fsp3) is 0.238. The molecule has 0 bridgehead atoms. The van der Waals surface area contributed by atoms with Crippen LogP contribution in [0.4, 0.5) is 8.78 Å². The Hall–Kier alpha value is -2.80. The Labute approximate surface area is 165 Å². The summed E-state index contributed by atoms with van der Waals surface area (Å²) in [5.74, 6) is -1.98. The lowest BCUT2D eigenvalue weighted by Crippen LogP contribution is -2.12. The molecule has 3 heterocycles. The normalized spacial score (nSPS) is 11.4. The van der Waals surface area contributed by atoms with Crippen molar-refractivity contribution in [2.24, 2.45) is 0 Å². The number of carbonyl (C=O) groups excluding carboxylic acids is 1. The molecule has 0 radical (unpaired) electrons. The molecule has 0 atom stereocenters. The van der Waals surface area contributed by atoms with Crippen molar-refractivity contribution in [1.29, 1.82) is 0 Å². The van der Waals surface area contributed by atoms with Gasteiger partial charge in [0.2, 0.25) is 0 Å². The van der Waals surface area contributed by atoms with E-state index in [1.54, 1.807) is 15.9 Å². The molecule has 0 spiro atoms. The minimum Gasteiger partial charge on any atom is -0.348 e. The van der Waals surface area contributed by atoms with Crippen LogP contribution in [0, 0.1) is 25.5 Å². The highest BCUT2D eigenvalue weighted by molar-refractivity contribution is 7.09. The van der Waals surface area contributed by atoms with Gasteiger partial charge in [0.1, 0.15) is 0 Å². The van der Waals surface area contributed by atoms with Crippen LogP contribution >= 0.6 is 11.3 Å². The molecular formula is C21H19F2N3OS. The van der Waals surface area contributed by atoms with Crippen molar-refractivity contribution >= 4 is 28.2 Å². The van der Waals surface area contributed by atoms with E-state index in [4.69, 9.17) is 0 Å². The molecule has 0 fully saturated rings. The lowest BCUT2D eigenvalue weighted by Gasteiger charge is -2.09. The molecule has 0 saturated carbocycles. The number of rotatable bonds is 6. The molecule has 28 heavy (non-hydrogen) atoms. The van der Waals surface area contributed by atoms with E-state index in [-0.39, 0.29) is 12.3 Å². The van der Waals surface area contributed by atoms with E-state index in [0.29, 0.717) is 16.6 Å². The molecule has 0 N–H and O–H groups in total. The van der Waals surface area contributed by atoms with Crippen LogP contribution in [-0.4, -0.2) is 19.9 Å². The number of imidazole rings is 1. The Kier molecular flexibility index (Phi) is 4.85. The van der Waals surface area contributed by atoms with E-state index in [2.05, 4.69) is 21.0 Å².